The molecule has 0 aliphatic rings. The molecule has 0 radical (unpaired) electrons. The zero-order valence-electron chi connectivity index (χ0n) is 21.4. The molecule has 0 saturated heterocycles. The Kier molecular flexibility index (Phi) is 9.92. The van der Waals surface area contributed by atoms with Crippen LogP contribution in [0.2, 0.25) is 0 Å². The Labute approximate surface area is 224 Å². The van der Waals surface area contributed by atoms with Gasteiger partial charge in [-0.3, -0.25) is 9.59 Å². The van der Waals surface area contributed by atoms with E-state index in [1.165, 1.54) is 5.56 Å². The monoisotopic (exact) mass is 507 g/mol. The van der Waals surface area contributed by atoms with Gasteiger partial charge in [0.15, 0.2) is 0 Å². The molecule has 2 amide bonds. The van der Waals surface area contributed by atoms with Gasteiger partial charge in [-0.15, -0.1) is 0 Å². The van der Waals surface area contributed by atoms with Crippen molar-refractivity contribution in [3.8, 4) is 5.75 Å². The molecular formula is C32H33N3O3. The molecule has 6 nitrogen and oxygen atoms in total. The van der Waals surface area contributed by atoms with Crippen LogP contribution in [-0.4, -0.2) is 25.0 Å². The van der Waals surface area contributed by atoms with Gasteiger partial charge >= 0.3 is 0 Å². The first kappa shape index (κ1) is 26.5. The normalized spacial score (nSPS) is 10.4. The van der Waals surface area contributed by atoms with E-state index in [9.17, 15) is 9.59 Å². The average Bonchev–Trinajstić information content (AvgIpc) is 2.95. The van der Waals surface area contributed by atoms with Crippen LogP contribution in [0, 0.1) is 0 Å². The smallest absolute Gasteiger partial charge is 0.243 e. The van der Waals surface area contributed by atoms with E-state index in [1.54, 1.807) is 0 Å². The van der Waals surface area contributed by atoms with Gasteiger partial charge in [-0.25, -0.2) is 0 Å². The number of aryl methyl sites for hydroxylation is 2. The molecule has 3 N–H and O–H groups in total. The van der Waals surface area contributed by atoms with E-state index >= 15 is 0 Å². The van der Waals surface area contributed by atoms with Crippen molar-refractivity contribution in [3.05, 3.63) is 120 Å². The van der Waals surface area contributed by atoms with Crippen LogP contribution in [0.15, 0.2) is 109 Å². The van der Waals surface area contributed by atoms with Crippen LogP contribution in [0.4, 0.5) is 17.1 Å². The van der Waals surface area contributed by atoms with E-state index in [0.29, 0.717) is 25.1 Å². The van der Waals surface area contributed by atoms with Crippen molar-refractivity contribution < 1.29 is 14.3 Å². The van der Waals surface area contributed by atoms with Crippen molar-refractivity contribution >= 4 is 28.9 Å². The molecule has 194 valence electrons. The molecule has 0 aliphatic carbocycles. The molecule has 0 saturated carbocycles. The summed E-state index contributed by atoms with van der Waals surface area (Å²) in [7, 11) is 0. The minimum atomic E-state index is -0.162. The average molecular weight is 508 g/mol. The van der Waals surface area contributed by atoms with E-state index < -0.39 is 0 Å². The maximum Gasteiger partial charge on any atom is 0.243 e. The maximum atomic E-state index is 12.4. The summed E-state index contributed by atoms with van der Waals surface area (Å²) >= 11 is 0. The number of hydrogen-bond acceptors (Lipinski definition) is 4. The molecule has 4 aromatic rings. The van der Waals surface area contributed by atoms with Gasteiger partial charge in [-0.05, 0) is 66.8 Å². The number of carbonyl (C=O) groups is 2. The Balaban J connectivity index is 1.15. The molecular weight excluding hydrogens is 474 g/mol. The zero-order valence-corrected chi connectivity index (χ0v) is 21.4. The van der Waals surface area contributed by atoms with Crippen molar-refractivity contribution in [2.45, 2.75) is 25.7 Å². The van der Waals surface area contributed by atoms with E-state index in [0.717, 1.165) is 35.5 Å². The van der Waals surface area contributed by atoms with Gasteiger partial charge in [0.25, 0.3) is 0 Å². The molecule has 4 aromatic carbocycles. The molecule has 0 heterocycles. The number of hydrogen-bond donors (Lipinski definition) is 3. The van der Waals surface area contributed by atoms with Crippen LogP contribution in [0.1, 0.15) is 24.0 Å². The molecule has 0 atom stereocenters. The summed E-state index contributed by atoms with van der Waals surface area (Å²) in [5.41, 5.74) is 4.63. The first-order valence-electron chi connectivity index (χ1n) is 12.9. The molecule has 0 unspecified atom stereocenters. The van der Waals surface area contributed by atoms with Crippen LogP contribution in [0.3, 0.4) is 0 Å². The quantitative estimate of drug-likeness (QED) is 0.185. The van der Waals surface area contributed by atoms with Gasteiger partial charge in [0.1, 0.15) is 5.75 Å². The lowest BCUT2D eigenvalue weighted by Crippen LogP contribution is -2.21. The number of anilines is 3. The number of amides is 2. The first-order valence-corrected chi connectivity index (χ1v) is 12.9. The second-order valence-corrected chi connectivity index (χ2v) is 8.98. The molecule has 0 aliphatic heterocycles. The molecule has 0 fully saturated rings. The van der Waals surface area contributed by atoms with Crippen molar-refractivity contribution in [2.24, 2.45) is 0 Å². The Morgan fingerprint density at radius 2 is 1.24 bits per heavy atom. The van der Waals surface area contributed by atoms with Gasteiger partial charge < -0.3 is 20.7 Å². The number of carbonyl (C=O) groups excluding carboxylic acids is 2. The van der Waals surface area contributed by atoms with Crippen LogP contribution < -0.4 is 20.7 Å². The Morgan fingerprint density at radius 1 is 0.605 bits per heavy atom. The van der Waals surface area contributed by atoms with Crippen molar-refractivity contribution in [1.82, 2.24) is 0 Å². The highest BCUT2D eigenvalue weighted by atomic mass is 16.5. The highest BCUT2D eigenvalue weighted by molar-refractivity contribution is 5.94. The zero-order chi connectivity index (χ0) is 26.4. The van der Waals surface area contributed by atoms with E-state index in [1.807, 2.05) is 97.1 Å². The fourth-order valence-electron chi connectivity index (χ4n) is 3.96. The van der Waals surface area contributed by atoms with Gasteiger partial charge in [-0.1, -0.05) is 66.7 Å². The largest absolute Gasteiger partial charge is 0.494 e. The summed E-state index contributed by atoms with van der Waals surface area (Å²) < 4.78 is 5.86. The van der Waals surface area contributed by atoms with E-state index in [2.05, 4.69) is 28.1 Å². The highest BCUT2D eigenvalue weighted by Gasteiger charge is 2.06. The standard InChI is InChI=1S/C32H33N3O3/c36-31(21-16-26-11-5-2-6-12-26)34-28-19-17-27(18-20-28)33-24-32(37)35-29-14-7-15-30(23-29)38-22-8-13-25-9-3-1-4-10-25/h1-7,9-12,14-15,17-20,23,33H,8,13,16,21-22,24H2,(H,34,36)(H,35,37). The number of ether oxygens (including phenoxy) is 1. The van der Waals surface area contributed by atoms with Crippen LogP contribution in [0.5, 0.6) is 5.75 Å². The first-order chi connectivity index (χ1) is 18.6. The van der Waals surface area contributed by atoms with Gasteiger partial charge in [0.05, 0.1) is 13.2 Å². The summed E-state index contributed by atoms with van der Waals surface area (Å²) in [6, 6.07) is 35.0. The summed E-state index contributed by atoms with van der Waals surface area (Å²) in [5, 5.41) is 8.91. The molecule has 0 spiro atoms. The third kappa shape index (κ3) is 9.13. The molecule has 38 heavy (non-hydrogen) atoms. The number of nitrogens with one attached hydrogen (secondary N) is 3. The molecule has 0 aromatic heterocycles. The number of benzene rings is 4. The maximum absolute atomic E-state index is 12.4. The fourth-order valence-corrected chi connectivity index (χ4v) is 3.96. The lowest BCUT2D eigenvalue weighted by atomic mass is 10.1. The van der Waals surface area contributed by atoms with E-state index in [4.69, 9.17) is 4.74 Å². The minimum Gasteiger partial charge on any atom is -0.494 e. The van der Waals surface area contributed by atoms with Crippen LogP contribution in [-0.2, 0) is 22.4 Å². The molecule has 4 rings (SSSR count). The summed E-state index contributed by atoms with van der Waals surface area (Å²) in [4.78, 5) is 24.7. The second-order valence-electron chi connectivity index (χ2n) is 8.98. The van der Waals surface area contributed by atoms with Crippen molar-refractivity contribution in [1.29, 1.82) is 0 Å². The summed E-state index contributed by atoms with van der Waals surface area (Å²) in [6.45, 7) is 0.724. The SMILES string of the molecule is O=C(CCc1ccccc1)Nc1ccc(NCC(=O)Nc2cccc(OCCCc3ccccc3)c2)cc1. The van der Waals surface area contributed by atoms with Crippen molar-refractivity contribution in [2.75, 3.05) is 29.1 Å². The fraction of sp³-hybridized carbons (Fsp3) is 0.188. The van der Waals surface area contributed by atoms with Crippen molar-refractivity contribution in [3.63, 3.8) is 0 Å². The Morgan fingerprint density at radius 3 is 1.95 bits per heavy atom. The third-order valence-corrected chi connectivity index (χ3v) is 5.94. The van der Waals surface area contributed by atoms with E-state index in [-0.39, 0.29) is 18.4 Å². The topological polar surface area (TPSA) is 79.5 Å². The van der Waals surface area contributed by atoms with Gasteiger partial charge in [0, 0.05) is 29.5 Å². The Hall–Kier alpha value is -4.58. The molecule has 6 heteroatoms. The summed E-state index contributed by atoms with van der Waals surface area (Å²) in [6.07, 6.45) is 3.00. The second kappa shape index (κ2) is 14.2. The third-order valence-electron chi connectivity index (χ3n) is 5.94. The van der Waals surface area contributed by atoms with Gasteiger partial charge in [0.2, 0.25) is 11.8 Å². The lowest BCUT2D eigenvalue weighted by molar-refractivity contribution is -0.116. The predicted octanol–water partition coefficient (Wildman–Crippen LogP) is 6.32. The summed E-state index contributed by atoms with van der Waals surface area (Å²) in [5.74, 6) is 0.533. The highest BCUT2D eigenvalue weighted by Crippen LogP contribution is 2.18. The minimum absolute atomic E-state index is 0.0312. The van der Waals surface area contributed by atoms with Gasteiger partial charge in [-0.2, -0.15) is 0 Å². The van der Waals surface area contributed by atoms with Crippen LogP contribution >= 0.6 is 0 Å². The lowest BCUT2D eigenvalue weighted by Gasteiger charge is -2.11. The van der Waals surface area contributed by atoms with Crippen LogP contribution in [0.25, 0.3) is 0 Å². The predicted molar refractivity (Wildman–Crippen MR) is 154 cm³/mol. The molecule has 0 bridgehead atoms. The Bertz CT molecular complexity index is 1290. The number of rotatable bonds is 13.